The van der Waals surface area contributed by atoms with Crippen LogP contribution in [0, 0.1) is 13.8 Å². The zero-order valence-electron chi connectivity index (χ0n) is 24.8. The summed E-state index contributed by atoms with van der Waals surface area (Å²) in [6, 6.07) is 10.6. The highest BCUT2D eigenvalue weighted by Crippen LogP contribution is 2.49. The van der Waals surface area contributed by atoms with Crippen molar-refractivity contribution in [2.45, 2.75) is 71.9 Å². The largest absolute Gasteiger partial charge is 0.477 e. The molecule has 7 nitrogen and oxygen atoms in total. The second-order valence-corrected chi connectivity index (χ2v) is 14.0. The van der Waals surface area contributed by atoms with Gasteiger partial charge in [0.2, 0.25) is 0 Å². The Bertz CT molecular complexity index is 1840. The van der Waals surface area contributed by atoms with Gasteiger partial charge in [-0.2, -0.15) is 0 Å². The molecule has 1 saturated carbocycles. The summed E-state index contributed by atoms with van der Waals surface area (Å²) in [5.41, 5.74) is 7.83. The highest BCUT2D eigenvalue weighted by Gasteiger charge is 2.32. The van der Waals surface area contributed by atoms with Crippen molar-refractivity contribution in [3.05, 3.63) is 57.0 Å². The molecule has 9 heteroatoms. The summed E-state index contributed by atoms with van der Waals surface area (Å²) < 4.78 is 3.15. The standard InChI is InChI=1S/C33H36N4O3S2/c1-18(38)16-37-28(23-12-13-25-22(15-23)11-14-26(35-25)30-19(2)34-20(3)41-30)27(21-9-7-6-8-10-21)32-29(37)24(17-36(4)5)31(42-32)33(39)40/h11-15,21H,6-10,16-17H2,1-5H3,(H,39,40). The van der Waals surface area contributed by atoms with Crippen LogP contribution < -0.4 is 0 Å². The Morgan fingerprint density at radius 1 is 1.05 bits per heavy atom. The topological polar surface area (TPSA) is 88.3 Å². The van der Waals surface area contributed by atoms with Crippen molar-refractivity contribution in [2.75, 3.05) is 14.1 Å². The van der Waals surface area contributed by atoms with Gasteiger partial charge in [-0.3, -0.25) is 4.79 Å². The van der Waals surface area contributed by atoms with Gasteiger partial charge in [0.25, 0.3) is 0 Å². The summed E-state index contributed by atoms with van der Waals surface area (Å²) in [6.45, 7) is 6.35. The van der Waals surface area contributed by atoms with Crippen LogP contribution in [0.5, 0.6) is 0 Å². The van der Waals surface area contributed by atoms with E-state index >= 15 is 0 Å². The average Bonchev–Trinajstić information content (AvgIpc) is 3.58. The molecular weight excluding hydrogens is 565 g/mol. The van der Waals surface area contributed by atoms with Crippen LogP contribution in [0.4, 0.5) is 0 Å². The predicted octanol–water partition coefficient (Wildman–Crippen LogP) is 8.05. The molecule has 0 amide bonds. The number of carboxylic acid groups (broad SMARTS) is 1. The fourth-order valence-corrected chi connectivity index (χ4v) is 8.72. The molecular formula is C33H36N4O3S2. The number of ketones is 1. The van der Waals surface area contributed by atoms with E-state index < -0.39 is 5.97 Å². The Hall–Kier alpha value is -3.40. The molecule has 0 bridgehead atoms. The first-order chi connectivity index (χ1) is 20.1. The molecule has 1 aliphatic rings. The van der Waals surface area contributed by atoms with Crippen LogP contribution >= 0.6 is 22.7 Å². The SMILES string of the molecule is CC(=O)Cn1c(-c2ccc3nc(-c4sc(C)nc4C)ccc3c2)c(C2CCCCC2)c2sc(C(=O)O)c(CN(C)C)c21. The van der Waals surface area contributed by atoms with Crippen LogP contribution in [-0.4, -0.2) is 50.4 Å². The van der Waals surface area contributed by atoms with E-state index in [-0.39, 0.29) is 12.3 Å². The molecule has 0 radical (unpaired) electrons. The smallest absolute Gasteiger partial charge is 0.346 e. The van der Waals surface area contributed by atoms with E-state index in [1.165, 1.54) is 23.3 Å². The molecule has 0 aliphatic heterocycles. The van der Waals surface area contributed by atoms with Crippen LogP contribution in [0.15, 0.2) is 30.3 Å². The van der Waals surface area contributed by atoms with Gasteiger partial charge in [-0.05, 0) is 83.0 Å². The minimum absolute atomic E-state index is 0.0459. The van der Waals surface area contributed by atoms with Gasteiger partial charge in [-0.1, -0.05) is 31.4 Å². The molecule has 4 aromatic heterocycles. The van der Waals surface area contributed by atoms with Gasteiger partial charge in [-0.25, -0.2) is 14.8 Å². The summed E-state index contributed by atoms with van der Waals surface area (Å²) in [5.74, 6) is -0.534. The molecule has 1 aliphatic carbocycles. The van der Waals surface area contributed by atoms with Crippen molar-refractivity contribution in [1.29, 1.82) is 0 Å². The number of Topliss-reactive ketones (excluding diaryl/α,β-unsaturated/α-hetero) is 1. The van der Waals surface area contributed by atoms with Gasteiger partial charge in [0.05, 0.1) is 49.2 Å². The van der Waals surface area contributed by atoms with E-state index in [0.717, 1.165) is 84.9 Å². The van der Waals surface area contributed by atoms with Gasteiger partial charge in [-0.15, -0.1) is 22.7 Å². The Balaban J connectivity index is 1.60. The van der Waals surface area contributed by atoms with Gasteiger partial charge in [0.15, 0.2) is 0 Å². The number of aryl methyl sites for hydroxylation is 2. The predicted molar refractivity (Wildman–Crippen MR) is 172 cm³/mol. The van der Waals surface area contributed by atoms with Crippen LogP contribution in [0.3, 0.4) is 0 Å². The highest BCUT2D eigenvalue weighted by molar-refractivity contribution is 7.21. The second kappa shape index (κ2) is 11.4. The van der Waals surface area contributed by atoms with E-state index in [2.05, 4.69) is 39.9 Å². The van der Waals surface area contributed by atoms with Crippen molar-refractivity contribution in [3.8, 4) is 21.8 Å². The van der Waals surface area contributed by atoms with Gasteiger partial charge >= 0.3 is 5.97 Å². The first-order valence-electron chi connectivity index (χ1n) is 14.5. The third kappa shape index (κ3) is 5.18. The molecule has 1 aromatic carbocycles. The van der Waals surface area contributed by atoms with E-state index in [9.17, 15) is 14.7 Å². The number of pyridine rings is 1. The molecule has 0 unspecified atom stereocenters. The normalized spacial score (nSPS) is 14.4. The maximum absolute atomic E-state index is 12.8. The number of aromatic carboxylic acids is 1. The van der Waals surface area contributed by atoms with Crippen LogP contribution in [-0.2, 0) is 17.9 Å². The zero-order valence-corrected chi connectivity index (χ0v) is 26.4. The fourth-order valence-electron chi connectivity index (χ4n) is 6.56. The molecule has 1 N–H and O–H groups in total. The molecule has 6 rings (SSSR count). The van der Waals surface area contributed by atoms with Gasteiger partial charge in [0.1, 0.15) is 10.7 Å². The molecule has 0 spiro atoms. The molecule has 218 valence electrons. The second-order valence-electron chi connectivity index (χ2n) is 11.8. The summed E-state index contributed by atoms with van der Waals surface area (Å²) in [4.78, 5) is 38.2. The molecule has 5 aromatic rings. The number of carboxylic acids is 1. The molecule has 0 atom stereocenters. The highest BCUT2D eigenvalue weighted by atomic mass is 32.1. The number of hydrogen-bond acceptors (Lipinski definition) is 7. The number of aromatic nitrogens is 3. The molecule has 0 saturated heterocycles. The van der Waals surface area contributed by atoms with E-state index in [1.807, 2.05) is 32.8 Å². The first kappa shape index (κ1) is 28.7. The third-order valence-electron chi connectivity index (χ3n) is 8.18. The Morgan fingerprint density at radius 3 is 2.45 bits per heavy atom. The van der Waals surface area contributed by atoms with Gasteiger partial charge in [0, 0.05) is 17.5 Å². The average molecular weight is 601 g/mol. The lowest BCUT2D eigenvalue weighted by Crippen LogP contribution is -2.15. The minimum Gasteiger partial charge on any atom is -0.477 e. The van der Waals surface area contributed by atoms with E-state index in [4.69, 9.17) is 4.98 Å². The minimum atomic E-state index is -0.905. The maximum Gasteiger partial charge on any atom is 0.346 e. The number of nitrogens with zero attached hydrogens (tertiary/aromatic N) is 4. The summed E-state index contributed by atoms with van der Waals surface area (Å²) >= 11 is 3.04. The van der Waals surface area contributed by atoms with Gasteiger partial charge < -0.3 is 14.6 Å². The number of carbonyl (C=O) groups is 2. The van der Waals surface area contributed by atoms with Crippen molar-refractivity contribution in [3.63, 3.8) is 0 Å². The lowest BCUT2D eigenvalue weighted by atomic mass is 9.83. The fraction of sp³-hybridized carbons (Fsp3) is 0.394. The van der Waals surface area contributed by atoms with E-state index in [0.29, 0.717) is 17.3 Å². The summed E-state index contributed by atoms with van der Waals surface area (Å²) in [6.07, 6.45) is 5.68. The van der Waals surface area contributed by atoms with Crippen molar-refractivity contribution >= 4 is 55.5 Å². The summed E-state index contributed by atoms with van der Waals surface area (Å²) in [7, 11) is 3.91. The zero-order chi connectivity index (χ0) is 29.7. The number of benzene rings is 1. The molecule has 4 heterocycles. The van der Waals surface area contributed by atoms with Crippen LogP contribution in [0.25, 0.3) is 42.9 Å². The Kier molecular flexibility index (Phi) is 7.76. The van der Waals surface area contributed by atoms with Crippen molar-refractivity contribution in [1.82, 2.24) is 19.4 Å². The first-order valence-corrected chi connectivity index (χ1v) is 16.2. The number of rotatable bonds is 8. The van der Waals surface area contributed by atoms with Crippen molar-refractivity contribution < 1.29 is 14.7 Å². The molecule has 42 heavy (non-hydrogen) atoms. The maximum atomic E-state index is 12.8. The number of hydrogen-bond donors (Lipinski definition) is 1. The lowest BCUT2D eigenvalue weighted by molar-refractivity contribution is -0.117. The van der Waals surface area contributed by atoms with E-state index in [1.54, 1.807) is 18.3 Å². The van der Waals surface area contributed by atoms with Crippen LogP contribution in [0.2, 0.25) is 0 Å². The van der Waals surface area contributed by atoms with Crippen LogP contribution in [0.1, 0.15) is 76.4 Å². The Morgan fingerprint density at radius 2 is 1.81 bits per heavy atom. The number of thiazole rings is 1. The Labute approximate surface area is 253 Å². The summed E-state index contributed by atoms with van der Waals surface area (Å²) in [5, 5.41) is 12.3. The van der Waals surface area contributed by atoms with Crippen molar-refractivity contribution in [2.24, 2.45) is 0 Å². The lowest BCUT2D eigenvalue weighted by Gasteiger charge is -2.23. The monoisotopic (exact) mass is 600 g/mol. The quantitative estimate of drug-likeness (QED) is 0.194. The third-order valence-corrected chi connectivity index (χ3v) is 10.5. The number of carbonyl (C=O) groups excluding carboxylic acids is 1. The number of fused-ring (bicyclic) bond motifs is 2. The molecule has 1 fully saturated rings. The number of thiophene rings is 1.